The molecular weight excluding hydrogens is 216 g/mol. The molecule has 1 rings (SSSR count). The van der Waals surface area contributed by atoms with Gasteiger partial charge in [-0.3, -0.25) is 4.90 Å². The van der Waals surface area contributed by atoms with Crippen LogP contribution in [-0.4, -0.2) is 23.5 Å². The summed E-state index contributed by atoms with van der Waals surface area (Å²) in [5.74, 6) is 0. The Labute approximate surface area is 103 Å². The zero-order chi connectivity index (χ0) is 12.3. The molecular formula is C13H24N2S. The number of nitrogens with two attached hydrogens (primary N) is 1. The fraction of sp³-hybridized carbons (Fsp3) is 0.692. The van der Waals surface area contributed by atoms with E-state index in [1.165, 1.54) is 9.75 Å². The van der Waals surface area contributed by atoms with Crippen LogP contribution in [0.25, 0.3) is 0 Å². The molecule has 0 amide bonds. The van der Waals surface area contributed by atoms with Gasteiger partial charge in [-0.1, -0.05) is 13.8 Å². The van der Waals surface area contributed by atoms with Crippen LogP contribution in [0.5, 0.6) is 0 Å². The number of rotatable bonds is 5. The average Bonchev–Trinajstić information content (AvgIpc) is 2.65. The molecule has 1 atom stereocenters. The molecule has 0 spiro atoms. The molecule has 1 aromatic rings. The second-order valence-corrected chi connectivity index (χ2v) is 6.07. The molecule has 0 saturated heterocycles. The van der Waals surface area contributed by atoms with Gasteiger partial charge in [0.25, 0.3) is 0 Å². The molecule has 92 valence electrons. The highest BCUT2D eigenvalue weighted by Gasteiger charge is 2.33. The smallest absolute Gasteiger partial charge is 0.0571 e. The summed E-state index contributed by atoms with van der Waals surface area (Å²) in [4.78, 5) is 5.04. The van der Waals surface area contributed by atoms with Crippen LogP contribution in [0.15, 0.2) is 12.1 Å². The number of hydrogen-bond donors (Lipinski definition) is 1. The Morgan fingerprint density at radius 1 is 1.31 bits per heavy atom. The van der Waals surface area contributed by atoms with Gasteiger partial charge < -0.3 is 5.73 Å². The Morgan fingerprint density at radius 2 is 1.88 bits per heavy atom. The second-order valence-electron chi connectivity index (χ2n) is 4.75. The summed E-state index contributed by atoms with van der Waals surface area (Å²) in [6.45, 7) is 13.1. The van der Waals surface area contributed by atoms with Gasteiger partial charge in [0.1, 0.15) is 0 Å². The lowest BCUT2D eigenvalue weighted by atomic mass is 9.91. The first-order chi connectivity index (χ1) is 7.43. The fourth-order valence-corrected chi connectivity index (χ4v) is 3.26. The van der Waals surface area contributed by atoms with Crippen molar-refractivity contribution < 1.29 is 0 Å². The van der Waals surface area contributed by atoms with Crippen molar-refractivity contribution in [3.63, 3.8) is 0 Å². The van der Waals surface area contributed by atoms with Crippen LogP contribution >= 0.6 is 11.3 Å². The first-order valence-corrected chi connectivity index (χ1v) is 6.82. The molecule has 1 unspecified atom stereocenters. The van der Waals surface area contributed by atoms with Crippen molar-refractivity contribution in [1.29, 1.82) is 0 Å². The number of likely N-dealkylation sites (N-methyl/N-ethyl adjacent to an activating group) is 1. The van der Waals surface area contributed by atoms with E-state index in [0.29, 0.717) is 0 Å². The minimum atomic E-state index is 0.0147. The summed E-state index contributed by atoms with van der Waals surface area (Å²) in [7, 11) is 0. The molecule has 16 heavy (non-hydrogen) atoms. The van der Waals surface area contributed by atoms with Crippen LogP contribution < -0.4 is 5.73 Å². The summed E-state index contributed by atoms with van der Waals surface area (Å²) in [5.41, 5.74) is 6.42. The van der Waals surface area contributed by atoms with Crippen LogP contribution in [0.3, 0.4) is 0 Å². The highest BCUT2D eigenvalue weighted by atomic mass is 32.1. The molecule has 0 bridgehead atoms. The third-order valence-electron chi connectivity index (χ3n) is 3.41. The van der Waals surface area contributed by atoms with E-state index in [1.54, 1.807) is 0 Å². The van der Waals surface area contributed by atoms with E-state index in [-0.39, 0.29) is 11.6 Å². The lowest BCUT2D eigenvalue weighted by Gasteiger charge is -2.41. The summed E-state index contributed by atoms with van der Waals surface area (Å²) in [6.07, 6.45) is 0. The van der Waals surface area contributed by atoms with E-state index in [2.05, 4.69) is 51.7 Å². The van der Waals surface area contributed by atoms with E-state index >= 15 is 0 Å². The number of aryl methyl sites for hydroxylation is 1. The molecule has 0 aliphatic heterocycles. The Hall–Kier alpha value is -0.380. The van der Waals surface area contributed by atoms with Crippen LogP contribution in [0.1, 0.15) is 43.5 Å². The Bertz CT molecular complexity index is 326. The van der Waals surface area contributed by atoms with Gasteiger partial charge in [0.15, 0.2) is 0 Å². The van der Waals surface area contributed by atoms with Gasteiger partial charge in [0, 0.05) is 15.3 Å². The lowest BCUT2D eigenvalue weighted by molar-refractivity contribution is 0.108. The highest BCUT2D eigenvalue weighted by Crippen LogP contribution is 2.32. The van der Waals surface area contributed by atoms with Gasteiger partial charge in [-0.25, -0.2) is 0 Å². The topological polar surface area (TPSA) is 29.3 Å². The van der Waals surface area contributed by atoms with Crippen molar-refractivity contribution in [2.24, 2.45) is 5.73 Å². The van der Waals surface area contributed by atoms with Gasteiger partial charge in [-0.15, -0.1) is 11.3 Å². The van der Waals surface area contributed by atoms with E-state index in [9.17, 15) is 0 Å². The predicted octanol–water partition coefficient (Wildman–Crippen LogP) is 3.18. The van der Waals surface area contributed by atoms with Crippen molar-refractivity contribution in [2.75, 3.05) is 13.1 Å². The number of hydrogen-bond acceptors (Lipinski definition) is 3. The fourth-order valence-electron chi connectivity index (χ4n) is 2.20. The minimum absolute atomic E-state index is 0.0147. The van der Waals surface area contributed by atoms with Crippen LogP contribution in [-0.2, 0) is 0 Å². The van der Waals surface area contributed by atoms with Crippen LogP contribution in [0.4, 0.5) is 0 Å². The van der Waals surface area contributed by atoms with Gasteiger partial charge in [-0.2, -0.15) is 0 Å². The maximum atomic E-state index is 6.41. The molecule has 1 aromatic heterocycles. The Kier molecular flexibility index (Phi) is 4.53. The molecule has 0 aromatic carbocycles. The Balaban J connectivity index is 2.90. The SMILES string of the molecule is CCN(CC)C(C)(C)C(N)c1ccc(C)s1. The predicted molar refractivity (Wildman–Crippen MR) is 73.0 cm³/mol. The third kappa shape index (κ3) is 2.65. The molecule has 0 fully saturated rings. The largest absolute Gasteiger partial charge is 0.322 e. The normalized spacial score (nSPS) is 14.4. The third-order valence-corrected chi connectivity index (χ3v) is 4.49. The molecule has 0 aliphatic carbocycles. The standard InChI is InChI=1S/C13H24N2S/c1-6-15(7-2)13(4,5)12(14)11-9-8-10(3)16-11/h8-9,12H,6-7,14H2,1-5H3. The zero-order valence-corrected chi connectivity index (χ0v) is 11.9. The van der Waals surface area contributed by atoms with Crippen LogP contribution in [0.2, 0.25) is 0 Å². The summed E-state index contributed by atoms with van der Waals surface area (Å²) < 4.78 is 0. The summed E-state index contributed by atoms with van der Waals surface area (Å²) in [6, 6.07) is 4.40. The van der Waals surface area contributed by atoms with E-state index in [1.807, 2.05) is 11.3 Å². The molecule has 1 heterocycles. The first kappa shape index (κ1) is 13.7. The quantitative estimate of drug-likeness (QED) is 0.856. The second kappa shape index (κ2) is 5.30. The molecule has 2 N–H and O–H groups in total. The van der Waals surface area contributed by atoms with E-state index in [0.717, 1.165) is 13.1 Å². The van der Waals surface area contributed by atoms with Crippen molar-refractivity contribution in [1.82, 2.24) is 4.90 Å². The highest BCUT2D eigenvalue weighted by molar-refractivity contribution is 7.12. The van der Waals surface area contributed by atoms with E-state index < -0.39 is 0 Å². The van der Waals surface area contributed by atoms with E-state index in [4.69, 9.17) is 5.73 Å². The average molecular weight is 240 g/mol. The van der Waals surface area contributed by atoms with Gasteiger partial charge in [0.05, 0.1) is 6.04 Å². The van der Waals surface area contributed by atoms with Crippen molar-refractivity contribution >= 4 is 11.3 Å². The molecule has 0 radical (unpaired) electrons. The molecule has 3 heteroatoms. The maximum Gasteiger partial charge on any atom is 0.0571 e. The monoisotopic (exact) mass is 240 g/mol. The lowest BCUT2D eigenvalue weighted by Crippen LogP contribution is -2.50. The van der Waals surface area contributed by atoms with Gasteiger partial charge in [0.2, 0.25) is 0 Å². The zero-order valence-electron chi connectivity index (χ0n) is 11.1. The van der Waals surface area contributed by atoms with Crippen molar-refractivity contribution in [2.45, 2.75) is 46.2 Å². The minimum Gasteiger partial charge on any atom is -0.322 e. The first-order valence-electron chi connectivity index (χ1n) is 6.00. The van der Waals surface area contributed by atoms with Gasteiger partial charge >= 0.3 is 0 Å². The Morgan fingerprint density at radius 3 is 2.25 bits per heavy atom. The molecule has 2 nitrogen and oxygen atoms in total. The van der Waals surface area contributed by atoms with Gasteiger partial charge in [-0.05, 0) is 46.0 Å². The summed E-state index contributed by atoms with van der Waals surface area (Å²) >= 11 is 1.81. The van der Waals surface area contributed by atoms with Crippen molar-refractivity contribution in [3.8, 4) is 0 Å². The van der Waals surface area contributed by atoms with Crippen LogP contribution in [0, 0.1) is 6.92 Å². The van der Waals surface area contributed by atoms with Crippen molar-refractivity contribution in [3.05, 3.63) is 21.9 Å². The number of thiophene rings is 1. The molecule has 0 aliphatic rings. The number of nitrogens with zero attached hydrogens (tertiary/aromatic N) is 1. The summed E-state index contributed by atoms with van der Waals surface area (Å²) in [5, 5.41) is 0. The molecule has 0 saturated carbocycles. The maximum absolute atomic E-state index is 6.41.